The number of carbonyl (C=O) groups is 1. The molecule has 0 saturated heterocycles. The highest BCUT2D eigenvalue weighted by molar-refractivity contribution is 6.03. The van der Waals surface area contributed by atoms with Crippen molar-refractivity contribution in [2.75, 3.05) is 5.32 Å². The molecule has 2 aromatic carbocycles. The standard InChI is InChI=1S/C17H13N3O3/c21-17(16-8-3-9-18-16)19-14-6-1-4-12(10-14)13-5-2-7-15(11-13)20(22)23/h1-11,18H,(H,19,21). The highest BCUT2D eigenvalue weighted by Gasteiger charge is 2.09. The number of benzene rings is 2. The lowest BCUT2D eigenvalue weighted by Gasteiger charge is -2.07. The number of hydrogen-bond donors (Lipinski definition) is 2. The highest BCUT2D eigenvalue weighted by atomic mass is 16.6. The van der Waals surface area contributed by atoms with Crippen LogP contribution in [0, 0.1) is 10.1 Å². The first kappa shape index (κ1) is 14.5. The Morgan fingerprint density at radius 2 is 1.74 bits per heavy atom. The number of nitrogens with zero attached hydrogens (tertiary/aromatic N) is 1. The van der Waals surface area contributed by atoms with Crippen LogP contribution in [-0.4, -0.2) is 15.8 Å². The third-order valence-electron chi connectivity index (χ3n) is 3.35. The number of H-pyrrole nitrogens is 1. The molecule has 2 N–H and O–H groups in total. The van der Waals surface area contributed by atoms with Gasteiger partial charge in [-0.3, -0.25) is 14.9 Å². The summed E-state index contributed by atoms with van der Waals surface area (Å²) in [4.78, 5) is 25.3. The van der Waals surface area contributed by atoms with E-state index in [4.69, 9.17) is 0 Å². The van der Waals surface area contributed by atoms with Crippen molar-refractivity contribution in [3.63, 3.8) is 0 Å². The monoisotopic (exact) mass is 307 g/mol. The largest absolute Gasteiger partial charge is 0.357 e. The van der Waals surface area contributed by atoms with Crippen LogP contribution in [0.15, 0.2) is 66.9 Å². The van der Waals surface area contributed by atoms with Crippen molar-refractivity contribution in [2.24, 2.45) is 0 Å². The Morgan fingerprint density at radius 1 is 1.00 bits per heavy atom. The van der Waals surface area contributed by atoms with E-state index in [0.717, 1.165) is 11.1 Å². The van der Waals surface area contributed by atoms with E-state index in [1.165, 1.54) is 12.1 Å². The number of nitrogens with one attached hydrogen (secondary N) is 2. The van der Waals surface area contributed by atoms with Crippen LogP contribution in [0.25, 0.3) is 11.1 Å². The summed E-state index contributed by atoms with van der Waals surface area (Å²) < 4.78 is 0. The second kappa shape index (κ2) is 6.15. The van der Waals surface area contributed by atoms with Crippen LogP contribution < -0.4 is 5.32 Å². The Hall–Kier alpha value is -3.41. The molecule has 1 heterocycles. The average Bonchev–Trinajstić information content (AvgIpc) is 3.10. The molecule has 0 atom stereocenters. The molecule has 0 fully saturated rings. The van der Waals surface area contributed by atoms with Crippen molar-refractivity contribution >= 4 is 17.3 Å². The molecule has 0 unspecified atom stereocenters. The summed E-state index contributed by atoms with van der Waals surface area (Å²) in [6.45, 7) is 0. The van der Waals surface area contributed by atoms with Gasteiger partial charge in [-0.25, -0.2) is 0 Å². The van der Waals surface area contributed by atoms with E-state index in [-0.39, 0.29) is 11.6 Å². The maximum absolute atomic E-state index is 12.0. The fraction of sp³-hybridized carbons (Fsp3) is 0. The fourth-order valence-corrected chi connectivity index (χ4v) is 2.25. The number of non-ortho nitro benzene ring substituents is 1. The Kier molecular flexibility index (Phi) is 3.88. The van der Waals surface area contributed by atoms with Crippen molar-refractivity contribution in [3.8, 4) is 11.1 Å². The van der Waals surface area contributed by atoms with E-state index in [0.29, 0.717) is 11.4 Å². The summed E-state index contributed by atoms with van der Waals surface area (Å²) in [7, 11) is 0. The maximum Gasteiger partial charge on any atom is 0.272 e. The summed E-state index contributed by atoms with van der Waals surface area (Å²) in [5, 5.41) is 13.7. The molecule has 6 heteroatoms. The normalized spacial score (nSPS) is 10.3. The predicted octanol–water partition coefficient (Wildman–Crippen LogP) is 3.84. The van der Waals surface area contributed by atoms with Gasteiger partial charge in [-0.05, 0) is 35.4 Å². The van der Waals surface area contributed by atoms with Crippen LogP contribution in [0.4, 0.5) is 11.4 Å². The van der Waals surface area contributed by atoms with Crippen LogP contribution in [0.2, 0.25) is 0 Å². The van der Waals surface area contributed by atoms with Gasteiger partial charge in [0.2, 0.25) is 0 Å². The SMILES string of the molecule is O=C(Nc1cccc(-c2cccc([N+](=O)[O-])c2)c1)c1ccc[nH]1. The number of rotatable bonds is 4. The van der Waals surface area contributed by atoms with E-state index in [1.54, 1.807) is 48.7 Å². The van der Waals surface area contributed by atoms with Crippen LogP contribution in [0.5, 0.6) is 0 Å². The van der Waals surface area contributed by atoms with Crippen LogP contribution in [0.3, 0.4) is 0 Å². The second-order valence-corrected chi connectivity index (χ2v) is 4.93. The molecule has 23 heavy (non-hydrogen) atoms. The molecule has 0 saturated carbocycles. The van der Waals surface area contributed by atoms with Gasteiger partial charge < -0.3 is 10.3 Å². The van der Waals surface area contributed by atoms with Crippen LogP contribution in [0.1, 0.15) is 10.5 Å². The van der Waals surface area contributed by atoms with Gasteiger partial charge in [0.15, 0.2) is 0 Å². The molecule has 0 aliphatic rings. The van der Waals surface area contributed by atoms with E-state index >= 15 is 0 Å². The topological polar surface area (TPSA) is 88.0 Å². The molecule has 6 nitrogen and oxygen atoms in total. The van der Waals surface area contributed by atoms with Gasteiger partial charge >= 0.3 is 0 Å². The third-order valence-corrected chi connectivity index (χ3v) is 3.35. The number of amides is 1. The number of anilines is 1. The molecule has 0 spiro atoms. The van der Waals surface area contributed by atoms with Crippen LogP contribution in [-0.2, 0) is 0 Å². The van der Waals surface area contributed by atoms with E-state index in [2.05, 4.69) is 10.3 Å². The number of aromatic nitrogens is 1. The predicted molar refractivity (Wildman–Crippen MR) is 87.3 cm³/mol. The number of nitro benzene ring substituents is 1. The first-order valence-corrected chi connectivity index (χ1v) is 6.93. The van der Waals surface area contributed by atoms with Gasteiger partial charge in [-0.15, -0.1) is 0 Å². The Balaban J connectivity index is 1.86. The Labute approximate surface area is 131 Å². The van der Waals surface area contributed by atoms with Gasteiger partial charge in [0.1, 0.15) is 5.69 Å². The summed E-state index contributed by atoms with van der Waals surface area (Å²) in [6.07, 6.45) is 1.68. The molecule has 1 amide bonds. The van der Waals surface area contributed by atoms with Crippen molar-refractivity contribution in [1.29, 1.82) is 0 Å². The molecule has 0 aliphatic carbocycles. The molecule has 1 aromatic heterocycles. The molecule has 0 bridgehead atoms. The van der Waals surface area contributed by atoms with E-state index in [9.17, 15) is 14.9 Å². The summed E-state index contributed by atoms with van der Waals surface area (Å²) >= 11 is 0. The highest BCUT2D eigenvalue weighted by Crippen LogP contribution is 2.26. The maximum atomic E-state index is 12.0. The number of carbonyl (C=O) groups excluding carboxylic acids is 1. The second-order valence-electron chi connectivity index (χ2n) is 4.93. The minimum atomic E-state index is -0.430. The lowest BCUT2D eigenvalue weighted by atomic mass is 10.0. The zero-order valence-electron chi connectivity index (χ0n) is 12.0. The van der Waals surface area contributed by atoms with Crippen molar-refractivity contribution in [2.45, 2.75) is 0 Å². The summed E-state index contributed by atoms with van der Waals surface area (Å²) in [5.74, 6) is -0.244. The minimum Gasteiger partial charge on any atom is -0.357 e. The molecule has 0 aliphatic heterocycles. The Bertz CT molecular complexity index is 857. The average molecular weight is 307 g/mol. The quantitative estimate of drug-likeness (QED) is 0.567. The molecular formula is C17H13N3O3. The summed E-state index contributed by atoms with van der Waals surface area (Å²) in [6, 6.07) is 17.0. The van der Waals surface area contributed by atoms with Gasteiger partial charge in [0, 0.05) is 24.0 Å². The molecule has 3 rings (SSSR count). The lowest BCUT2D eigenvalue weighted by molar-refractivity contribution is -0.384. The van der Waals surface area contributed by atoms with Crippen LogP contribution >= 0.6 is 0 Å². The molecular weight excluding hydrogens is 294 g/mol. The van der Waals surface area contributed by atoms with E-state index in [1.807, 2.05) is 6.07 Å². The zero-order valence-corrected chi connectivity index (χ0v) is 12.0. The third kappa shape index (κ3) is 3.26. The number of hydrogen-bond acceptors (Lipinski definition) is 3. The first-order chi connectivity index (χ1) is 11.1. The smallest absolute Gasteiger partial charge is 0.272 e. The van der Waals surface area contributed by atoms with E-state index < -0.39 is 4.92 Å². The molecule has 0 radical (unpaired) electrons. The van der Waals surface area contributed by atoms with Crippen molar-refractivity contribution < 1.29 is 9.72 Å². The van der Waals surface area contributed by atoms with Gasteiger partial charge in [-0.1, -0.05) is 24.3 Å². The zero-order chi connectivity index (χ0) is 16.2. The van der Waals surface area contributed by atoms with Gasteiger partial charge in [0.25, 0.3) is 11.6 Å². The fourth-order valence-electron chi connectivity index (χ4n) is 2.25. The lowest BCUT2D eigenvalue weighted by Crippen LogP contribution is -2.12. The van der Waals surface area contributed by atoms with Gasteiger partial charge in [0.05, 0.1) is 4.92 Å². The number of aromatic amines is 1. The van der Waals surface area contributed by atoms with Gasteiger partial charge in [-0.2, -0.15) is 0 Å². The minimum absolute atomic E-state index is 0.0309. The number of nitro groups is 1. The van der Waals surface area contributed by atoms with Crippen molar-refractivity contribution in [1.82, 2.24) is 4.98 Å². The Morgan fingerprint density at radius 3 is 2.43 bits per heavy atom. The molecule has 114 valence electrons. The molecule has 3 aromatic rings. The first-order valence-electron chi connectivity index (χ1n) is 6.93. The summed E-state index contributed by atoms with van der Waals surface area (Å²) in [5.41, 5.74) is 2.62. The van der Waals surface area contributed by atoms with Crippen molar-refractivity contribution in [3.05, 3.63) is 82.7 Å².